The SMILES string of the molecule is NNC(=O)c1ccoc1CN1CCC2(O)CCCCC2C1. The maximum atomic E-state index is 11.7. The Hall–Kier alpha value is -1.37. The van der Waals surface area contributed by atoms with E-state index in [0.717, 1.165) is 38.8 Å². The number of nitrogens with two attached hydrogens (primary N) is 1. The summed E-state index contributed by atoms with van der Waals surface area (Å²) in [5.74, 6) is 5.83. The largest absolute Gasteiger partial charge is 0.467 e. The minimum Gasteiger partial charge on any atom is -0.467 e. The van der Waals surface area contributed by atoms with Crippen molar-refractivity contribution in [3.63, 3.8) is 0 Å². The van der Waals surface area contributed by atoms with Gasteiger partial charge in [-0.25, -0.2) is 5.84 Å². The highest BCUT2D eigenvalue weighted by Crippen LogP contribution is 2.40. The molecule has 1 saturated heterocycles. The lowest BCUT2D eigenvalue weighted by molar-refractivity contribution is -0.0975. The van der Waals surface area contributed by atoms with E-state index in [1.54, 1.807) is 6.07 Å². The van der Waals surface area contributed by atoms with Gasteiger partial charge in [-0.3, -0.25) is 15.1 Å². The monoisotopic (exact) mass is 293 g/mol. The van der Waals surface area contributed by atoms with Crippen LogP contribution in [0.25, 0.3) is 0 Å². The maximum Gasteiger partial charge on any atom is 0.268 e. The van der Waals surface area contributed by atoms with Gasteiger partial charge in [0.2, 0.25) is 0 Å². The number of nitrogen functional groups attached to an aromatic ring is 1. The molecule has 1 saturated carbocycles. The van der Waals surface area contributed by atoms with Crippen LogP contribution in [0.4, 0.5) is 0 Å². The number of hydrogen-bond acceptors (Lipinski definition) is 5. The Morgan fingerprint density at radius 1 is 1.52 bits per heavy atom. The van der Waals surface area contributed by atoms with E-state index < -0.39 is 5.60 Å². The Morgan fingerprint density at radius 2 is 2.38 bits per heavy atom. The van der Waals surface area contributed by atoms with E-state index in [-0.39, 0.29) is 5.91 Å². The average molecular weight is 293 g/mol. The molecular formula is C15H23N3O3. The van der Waals surface area contributed by atoms with Crippen LogP contribution in [0.3, 0.4) is 0 Å². The van der Waals surface area contributed by atoms with Crippen LogP contribution in [-0.4, -0.2) is 34.6 Å². The summed E-state index contributed by atoms with van der Waals surface area (Å²) in [6, 6.07) is 1.64. The third kappa shape index (κ3) is 2.84. The predicted molar refractivity (Wildman–Crippen MR) is 77.2 cm³/mol. The molecule has 1 amide bonds. The molecule has 1 aliphatic heterocycles. The van der Waals surface area contributed by atoms with Crippen molar-refractivity contribution >= 4 is 5.91 Å². The van der Waals surface area contributed by atoms with Gasteiger partial charge in [0.05, 0.1) is 24.0 Å². The molecular weight excluding hydrogens is 270 g/mol. The number of furan rings is 1. The molecule has 1 aliphatic carbocycles. The van der Waals surface area contributed by atoms with Crippen molar-refractivity contribution in [3.8, 4) is 0 Å². The number of hydrogen-bond donors (Lipinski definition) is 3. The fourth-order valence-corrected chi connectivity index (χ4v) is 3.73. The Morgan fingerprint density at radius 3 is 3.19 bits per heavy atom. The van der Waals surface area contributed by atoms with Gasteiger partial charge in [-0.05, 0) is 25.3 Å². The van der Waals surface area contributed by atoms with E-state index >= 15 is 0 Å². The summed E-state index contributed by atoms with van der Waals surface area (Å²) in [6.45, 7) is 2.28. The van der Waals surface area contributed by atoms with Crippen LogP contribution < -0.4 is 11.3 Å². The van der Waals surface area contributed by atoms with E-state index in [1.165, 1.54) is 12.7 Å². The van der Waals surface area contributed by atoms with Gasteiger partial charge in [0.25, 0.3) is 5.91 Å². The standard InChI is InChI=1S/C15H23N3O3/c16-17-14(19)12-4-8-21-13(12)10-18-7-6-15(20)5-2-1-3-11(15)9-18/h4,8,11,20H,1-3,5-7,9-10,16H2,(H,17,19). The maximum absolute atomic E-state index is 11.7. The van der Waals surface area contributed by atoms with Crippen molar-refractivity contribution < 1.29 is 14.3 Å². The highest BCUT2D eigenvalue weighted by molar-refractivity contribution is 5.94. The van der Waals surface area contributed by atoms with Crippen LogP contribution in [0, 0.1) is 5.92 Å². The van der Waals surface area contributed by atoms with Gasteiger partial charge >= 0.3 is 0 Å². The number of piperidine rings is 1. The summed E-state index contributed by atoms with van der Waals surface area (Å²) in [4.78, 5) is 13.9. The molecule has 4 N–H and O–H groups in total. The molecule has 6 nitrogen and oxygen atoms in total. The first-order valence-electron chi connectivity index (χ1n) is 7.64. The van der Waals surface area contributed by atoms with Crippen molar-refractivity contribution in [3.05, 3.63) is 23.7 Å². The molecule has 1 aromatic rings. The average Bonchev–Trinajstić information content (AvgIpc) is 2.95. The molecule has 0 bridgehead atoms. The van der Waals surface area contributed by atoms with Crippen LogP contribution in [0.15, 0.2) is 16.7 Å². The smallest absolute Gasteiger partial charge is 0.268 e. The zero-order valence-electron chi connectivity index (χ0n) is 12.2. The van der Waals surface area contributed by atoms with Gasteiger partial charge in [-0.15, -0.1) is 0 Å². The summed E-state index contributed by atoms with van der Waals surface area (Å²) in [7, 11) is 0. The van der Waals surface area contributed by atoms with Gasteiger partial charge in [-0.2, -0.15) is 0 Å². The van der Waals surface area contributed by atoms with Crippen molar-refractivity contribution in [2.24, 2.45) is 11.8 Å². The topological polar surface area (TPSA) is 91.7 Å². The molecule has 2 fully saturated rings. The third-order valence-corrected chi connectivity index (χ3v) is 5.00. The lowest BCUT2D eigenvalue weighted by atomic mass is 9.71. The van der Waals surface area contributed by atoms with Crippen LogP contribution in [0.5, 0.6) is 0 Å². The molecule has 2 atom stereocenters. The van der Waals surface area contributed by atoms with Crippen LogP contribution in [0.1, 0.15) is 48.2 Å². The van der Waals surface area contributed by atoms with Gasteiger partial charge in [0.1, 0.15) is 5.76 Å². The summed E-state index contributed by atoms with van der Waals surface area (Å²) in [6.07, 6.45) is 6.65. The first-order chi connectivity index (χ1) is 10.1. The highest BCUT2D eigenvalue weighted by Gasteiger charge is 2.42. The fourth-order valence-electron chi connectivity index (χ4n) is 3.73. The first kappa shape index (κ1) is 14.6. The van der Waals surface area contributed by atoms with Gasteiger partial charge in [-0.1, -0.05) is 12.8 Å². The number of amides is 1. The van der Waals surface area contributed by atoms with Gasteiger partial charge < -0.3 is 9.52 Å². The number of hydrazine groups is 1. The normalized spacial score (nSPS) is 29.9. The molecule has 2 unspecified atom stereocenters. The molecule has 0 aromatic carbocycles. The molecule has 2 aliphatic rings. The Bertz CT molecular complexity index is 516. The van der Waals surface area contributed by atoms with Gasteiger partial charge in [0, 0.05) is 19.0 Å². The van der Waals surface area contributed by atoms with E-state index in [2.05, 4.69) is 10.3 Å². The Labute approximate surface area is 124 Å². The number of carbonyl (C=O) groups excluding carboxylic acids is 1. The van der Waals surface area contributed by atoms with Crippen molar-refractivity contribution in [2.45, 2.75) is 44.2 Å². The minimum atomic E-state index is -0.477. The summed E-state index contributed by atoms with van der Waals surface area (Å²) >= 11 is 0. The first-order valence-corrected chi connectivity index (χ1v) is 7.64. The molecule has 6 heteroatoms. The molecule has 1 aromatic heterocycles. The Kier molecular flexibility index (Phi) is 4.01. The lowest BCUT2D eigenvalue weighted by Gasteiger charge is -2.47. The summed E-state index contributed by atoms with van der Waals surface area (Å²) < 4.78 is 5.43. The molecule has 0 spiro atoms. The fraction of sp³-hybridized carbons (Fsp3) is 0.667. The number of likely N-dealkylation sites (tertiary alicyclic amines) is 1. The van der Waals surface area contributed by atoms with Crippen LogP contribution >= 0.6 is 0 Å². The lowest BCUT2D eigenvalue weighted by Crippen LogP contribution is -2.53. The third-order valence-electron chi connectivity index (χ3n) is 5.00. The number of aliphatic hydroxyl groups is 1. The second-order valence-corrected chi connectivity index (χ2v) is 6.26. The van der Waals surface area contributed by atoms with Crippen molar-refractivity contribution in [2.75, 3.05) is 13.1 Å². The second-order valence-electron chi connectivity index (χ2n) is 6.26. The van der Waals surface area contributed by atoms with E-state index in [1.807, 2.05) is 0 Å². The molecule has 21 heavy (non-hydrogen) atoms. The van der Waals surface area contributed by atoms with Gasteiger partial charge in [0.15, 0.2) is 0 Å². The van der Waals surface area contributed by atoms with Crippen LogP contribution in [-0.2, 0) is 6.54 Å². The van der Waals surface area contributed by atoms with E-state index in [0.29, 0.717) is 23.8 Å². The zero-order chi connectivity index (χ0) is 14.9. The molecule has 2 heterocycles. The zero-order valence-corrected chi connectivity index (χ0v) is 12.2. The quantitative estimate of drug-likeness (QED) is 0.439. The van der Waals surface area contributed by atoms with E-state index in [4.69, 9.17) is 10.3 Å². The number of nitrogens with zero attached hydrogens (tertiary/aromatic N) is 1. The second kappa shape index (κ2) is 5.79. The summed E-state index contributed by atoms with van der Waals surface area (Å²) in [5, 5.41) is 10.7. The molecule has 3 rings (SSSR count). The number of fused-ring (bicyclic) bond motifs is 1. The molecule has 0 radical (unpaired) electrons. The number of nitrogens with one attached hydrogen (secondary N) is 1. The van der Waals surface area contributed by atoms with Crippen molar-refractivity contribution in [1.29, 1.82) is 0 Å². The number of carbonyl (C=O) groups is 1. The predicted octanol–water partition coefficient (Wildman–Crippen LogP) is 1.01. The van der Waals surface area contributed by atoms with Crippen LogP contribution in [0.2, 0.25) is 0 Å². The highest BCUT2D eigenvalue weighted by atomic mass is 16.3. The minimum absolute atomic E-state index is 0.329. The summed E-state index contributed by atoms with van der Waals surface area (Å²) in [5.41, 5.74) is 2.15. The van der Waals surface area contributed by atoms with Crippen molar-refractivity contribution in [1.82, 2.24) is 10.3 Å². The molecule has 116 valence electrons. The van der Waals surface area contributed by atoms with E-state index in [9.17, 15) is 9.90 Å². The Balaban J connectivity index is 1.67. The number of rotatable bonds is 3.